The Morgan fingerprint density at radius 3 is 2.27 bits per heavy atom. The van der Waals surface area contributed by atoms with Crippen molar-refractivity contribution in [1.82, 2.24) is 0 Å². The second-order valence-corrected chi connectivity index (χ2v) is 6.73. The SMILES string of the molecule is CCN(C(=O)C1CC(=O)N(c2ccc(N(C)C)cc2)C1)c1ccccc1. The number of nitrogens with zero attached hydrogens (tertiary/aromatic N) is 3. The molecule has 1 heterocycles. The molecule has 1 saturated heterocycles. The molecule has 136 valence electrons. The van der Waals surface area contributed by atoms with Crippen LogP contribution in [0.2, 0.25) is 0 Å². The molecule has 0 aliphatic carbocycles. The van der Waals surface area contributed by atoms with Gasteiger partial charge in [-0.2, -0.15) is 0 Å². The van der Waals surface area contributed by atoms with Crippen LogP contribution >= 0.6 is 0 Å². The lowest BCUT2D eigenvalue weighted by Gasteiger charge is -2.24. The molecule has 1 atom stereocenters. The van der Waals surface area contributed by atoms with Crippen LogP contribution in [0.3, 0.4) is 0 Å². The number of hydrogen-bond donors (Lipinski definition) is 0. The van der Waals surface area contributed by atoms with Gasteiger partial charge in [0.1, 0.15) is 0 Å². The number of carbonyl (C=O) groups excluding carboxylic acids is 2. The molecule has 1 aliphatic heterocycles. The van der Waals surface area contributed by atoms with Crippen LogP contribution in [-0.2, 0) is 9.59 Å². The van der Waals surface area contributed by atoms with Gasteiger partial charge in [0.15, 0.2) is 0 Å². The second kappa shape index (κ2) is 7.60. The Morgan fingerprint density at radius 1 is 1.04 bits per heavy atom. The van der Waals surface area contributed by atoms with E-state index in [4.69, 9.17) is 0 Å². The Morgan fingerprint density at radius 2 is 1.69 bits per heavy atom. The largest absolute Gasteiger partial charge is 0.378 e. The first-order valence-corrected chi connectivity index (χ1v) is 8.95. The molecule has 1 fully saturated rings. The minimum Gasteiger partial charge on any atom is -0.378 e. The third kappa shape index (κ3) is 3.57. The zero-order valence-corrected chi connectivity index (χ0v) is 15.6. The Bertz CT molecular complexity index is 772. The molecule has 0 bridgehead atoms. The van der Waals surface area contributed by atoms with Crippen LogP contribution in [0.25, 0.3) is 0 Å². The van der Waals surface area contributed by atoms with Crippen molar-refractivity contribution in [2.45, 2.75) is 13.3 Å². The second-order valence-electron chi connectivity index (χ2n) is 6.73. The van der Waals surface area contributed by atoms with Crippen molar-refractivity contribution in [3.8, 4) is 0 Å². The first kappa shape index (κ1) is 18.0. The molecule has 26 heavy (non-hydrogen) atoms. The molecule has 0 radical (unpaired) electrons. The van der Waals surface area contributed by atoms with E-state index in [0.717, 1.165) is 17.1 Å². The highest BCUT2D eigenvalue weighted by Crippen LogP contribution is 2.29. The van der Waals surface area contributed by atoms with Gasteiger partial charge >= 0.3 is 0 Å². The van der Waals surface area contributed by atoms with Crippen LogP contribution in [0.1, 0.15) is 13.3 Å². The first-order chi connectivity index (χ1) is 12.5. The summed E-state index contributed by atoms with van der Waals surface area (Å²) in [5.74, 6) is -0.291. The third-order valence-electron chi connectivity index (χ3n) is 4.80. The predicted octanol–water partition coefficient (Wildman–Crippen LogP) is 3.16. The van der Waals surface area contributed by atoms with Gasteiger partial charge in [-0.25, -0.2) is 0 Å². The fourth-order valence-electron chi connectivity index (χ4n) is 3.35. The van der Waals surface area contributed by atoms with Gasteiger partial charge in [0.05, 0.1) is 5.92 Å². The standard InChI is InChI=1S/C21H25N3O2/c1-4-23(18-8-6-5-7-9-18)21(26)16-14-20(25)24(15-16)19-12-10-17(11-13-19)22(2)3/h5-13,16H,4,14-15H2,1-3H3. The number of hydrogen-bond acceptors (Lipinski definition) is 3. The lowest BCUT2D eigenvalue weighted by molar-refractivity contribution is -0.124. The van der Waals surface area contributed by atoms with Gasteiger partial charge in [-0.3, -0.25) is 9.59 Å². The van der Waals surface area contributed by atoms with Crippen molar-refractivity contribution in [3.05, 3.63) is 54.6 Å². The van der Waals surface area contributed by atoms with Crippen molar-refractivity contribution in [2.75, 3.05) is 41.9 Å². The summed E-state index contributed by atoms with van der Waals surface area (Å²) in [6, 6.07) is 17.5. The number of para-hydroxylation sites is 1. The Balaban J connectivity index is 1.75. The molecule has 3 rings (SSSR count). The van der Waals surface area contributed by atoms with Crippen LogP contribution in [0.5, 0.6) is 0 Å². The molecule has 2 aromatic carbocycles. The van der Waals surface area contributed by atoms with Gasteiger partial charge in [-0.15, -0.1) is 0 Å². The number of amides is 2. The molecule has 0 aromatic heterocycles. The van der Waals surface area contributed by atoms with Crippen molar-refractivity contribution >= 4 is 28.9 Å². The van der Waals surface area contributed by atoms with Gasteiger partial charge < -0.3 is 14.7 Å². The fourth-order valence-corrected chi connectivity index (χ4v) is 3.35. The minimum atomic E-state index is -0.309. The van der Waals surface area contributed by atoms with Gasteiger partial charge in [0.2, 0.25) is 11.8 Å². The number of carbonyl (C=O) groups is 2. The summed E-state index contributed by atoms with van der Waals surface area (Å²) in [5.41, 5.74) is 2.80. The highest BCUT2D eigenvalue weighted by molar-refractivity contribution is 6.04. The van der Waals surface area contributed by atoms with Gasteiger partial charge in [0.25, 0.3) is 0 Å². The molecule has 0 spiro atoms. The minimum absolute atomic E-state index is 0.00469. The molecule has 2 aromatic rings. The lowest BCUT2D eigenvalue weighted by Crippen LogP contribution is -2.37. The number of benzene rings is 2. The average molecular weight is 351 g/mol. The van der Waals surface area contributed by atoms with Crippen molar-refractivity contribution < 1.29 is 9.59 Å². The Kier molecular flexibility index (Phi) is 5.26. The number of rotatable bonds is 5. The van der Waals surface area contributed by atoms with Gasteiger partial charge in [-0.05, 0) is 43.3 Å². The highest BCUT2D eigenvalue weighted by atomic mass is 16.2. The van der Waals surface area contributed by atoms with Crippen LogP contribution in [0, 0.1) is 5.92 Å². The Hall–Kier alpha value is -2.82. The zero-order chi connectivity index (χ0) is 18.7. The maximum absolute atomic E-state index is 13.0. The predicted molar refractivity (Wildman–Crippen MR) is 106 cm³/mol. The van der Waals surface area contributed by atoms with E-state index in [0.29, 0.717) is 13.1 Å². The Labute approximate surface area is 154 Å². The monoisotopic (exact) mass is 351 g/mol. The van der Waals surface area contributed by atoms with Gasteiger partial charge in [-0.1, -0.05) is 18.2 Å². The van der Waals surface area contributed by atoms with Crippen LogP contribution in [-0.4, -0.2) is 39.0 Å². The fraction of sp³-hybridized carbons (Fsp3) is 0.333. The topological polar surface area (TPSA) is 43.9 Å². The molecule has 5 nitrogen and oxygen atoms in total. The molecular weight excluding hydrogens is 326 g/mol. The van der Waals surface area contributed by atoms with E-state index in [2.05, 4.69) is 0 Å². The van der Waals surface area contributed by atoms with Crippen molar-refractivity contribution in [2.24, 2.45) is 5.92 Å². The summed E-state index contributed by atoms with van der Waals surface area (Å²) < 4.78 is 0. The quantitative estimate of drug-likeness (QED) is 0.831. The molecular formula is C21H25N3O2. The summed E-state index contributed by atoms with van der Waals surface area (Å²) >= 11 is 0. The van der Waals surface area contributed by atoms with Crippen LogP contribution in [0.4, 0.5) is 17.1 Å². The lowest BCUT2D eigenvalue weighted by atomic mass is 10.1. The zero-order valence-electron chi connectivity index (χ0n) is 15.6. The van der Waals surface area contributed by atoms with Crippen LogP contribution < -0.4 is 14.7 Å². The molecule has 5 heteroatoms. The summed E-state index contributed by atoms with van der Waals surface area (Å²) in [6.45, 7) is 2.98. The summed E-state index contributed by atoms with van der Waals surface area (Å²) in [5, 5.41) is 0. The van der Waals surface area contributed by atoms with E-state index < -0.39 is 0 Å². The normalized spacial score (nSPS) is 16.7. The maximum atomic E-state index is 13.0. The molecule has 1 aliphatic rings. The smallest absolute Gasteiger partial charge is 0.232 e. The molecule has 2 amide bonds. The number of anilines is 3. The molecule has 1 unspecified atom stereocenters. The third-order valence-corrected chi connectivity index (χ3v) is 4.80. The molecule has 0 saturated carbocycles. The van der Waals surface area contributed by atoms with Crippen molar-refractivity contribution in [3.63, 3.8) is 0 Å². The van der Waals surface area contributed by atoms with E-state index >= 15 is 0 Å². The highest BCUT2D eigenvalue weighted by Gasteiger charge is 2.37. The summed E-state index contributed by atoms with van der Waals surface area (Å²) in [4.78, 5) is 31.0. The van der Waals surface area contributed by atoms with Gasteiger partial charge in [0, 0.05) is 50.7 Å². The summed E-state index contributed by atoms with van der Waals surface area (Å²) in [6.07, 6.45) is 0.262. The maximum Gasteiger partial charge on any atom is 0.232 e. The van der Waals surface area contributed by atoms with E-state index in [9.17, 15) is 9.59 Å². The van der Waals surface area contributed by atoms with Crippen LogP contribution in [0.15, 0.2) is 54.6 Å². The van der Waals surface area contributed by atoms with E-state index in [-0.39, 0.29) is 24.2 Å². The van der Waals surface area contributed by atoms with E-state index in [1.165, 1.54) is 0 Å². The van der Waals surface area contributed by atoms with E-state index in [1.54, 1.807) is 9.80 Å². The van der Waals surface area contributed by atoms with E-state index in [1.807, 2.05) is 80.5 Å². The van der Waals surface area contributed by atoms with Crippen molar-refractivity contribution in [1.29, 1.82) is 0 Å². The average Bonchev–Trinajstić information content (AvgIpc) is 3.05. The summed E-state index contributed by atoms with van der Waals surface area (Å²) in [7, 11) is 3.96. The first-order valence-electron chi connectivity index (χ1n) is 8.95. The molecule has 0 N–H and O–H groups in total.